The number of para-hydroxylation sites is 1. The molecule has 0 aliphatic heterocycles. The van der Waals surface area contributed by atoms with Crippen LogP contribution in [0, 0.1) is 0 Å². The van der Waals surface area contributed by atoms with Crippen molar-refractivity contribution in [2.45, 2.75) is 6.42 Å². The molecule has 2 aromatic rings. The molecule has 1 N–H and O–H groups in total. The molecule has 2 aromatic carbocycles. The Morgan fingerprint density at radius 2 is 1.74 bits per heavy atom. The van der Waals surface area contributed by atoms with Gasteiger partial charge in [0.2, 0.25) is 0 Å². The van der Waals surface area contributed by atoms with Crippen molar-refractivity contribution in [3.8, 4) is 5.75 Å². The number of anilines is 1. The van der Waals surface area contributed by atoms with E-state index < -0.39 is 0 Å². The lowest BCUT2D eigenvalue weighted by atomic mass is 10.1. The minimum atomic E-state index is 0.131. The summed E-state index contributed by atoms with van der Waals surface area (Å²) in [4.78, 5) is 12.0. The highest BCUT2D eigenvalue weighted by molar-refractivity contribution is 5.96. The van der Waals surface area contributed by atoms with Crippen LogP contribution in [0.3, 0.4) is 0 Å². The first-order chi connectivity index (χ1) is 9.29. The number of methoxy groups -OCH3 is 1. The van der Waals surface area contributed by atoms with Gasteiger partial charge in [-0.1, -0.05) is 18.2 Å². The van der Waals surface area contributed by atoms with Crippen molar-refractivity contribution in [2.75, 3.05) is 19.0 Å². The molecule has 0 fully saturated rings. The molecule has 3 heteroatoms. The minimum absolute atomic E-state index is 0.131. The van der Waals surface area contributed by atoms with Crippen LogP contribution in [0.2, 0.25) is 0 Å². The molecule has 0 heterocycles. The van der Waals surface area contributed by atoms with Gasteiger partial charge in [-0.3, -0.25) is 4.79 Å². The van der Waals surface area contributed by atoms with E-state index in [0.29, 0.717) is 13.0 Å². The Kier molecular flexibility index (Phi) is 4.56. The second-order valence-electron chi connectivity index (χ2n) is 4.19. The summed E-state index contributed by atoms with van der Waals surface area (Å²) in [5.41, 5.74) is 1.75. The third-order valence-electron chi connectivity index (χ3n) is 2.87. The van der Waals surface area contributed by atoms with Crippen molar-refractivity contribution in [3.05, 3.63) is 60.2 Å². The van der Waals surface area contributed by atoms with Crippen LogP contribution in [0.15, 0.2) is 54.6 Å². The fourth-order valence-corrected chi connectivity index (χ4v) is 1.80. The molecule has 0 amide bonds. The lowest BCUT2D eigenvalue weighted by molar-refractivity contribution is 0.0986. The minimum Gasteiger partial charge on any atom is -0.497 e. The second kappa shape index (κ2) is 6.59. The lowest BCUT2D eigenvalue weighted by Crippen LogP contribution is -2.08. The van der Waals surface area contributed by atoms with E-state index in [2.05, 4.69) is 5.32 Å². The largest absolute Gasteiger partial charge is 0.497 e. The molecule has 0 spiro atoms. The molecule has 2 rings (SSSR count). The average molecular weight is 255 g/mol. The number of ketones is 1. The molecule has 19 heavy (non-hydrogen) atoms. The maximum absolute atomic E-state index is 12.0. The maximum Gasteiger partial charge on any atom is 0.164 e. The van der Waals surface area contributed by atoms with E-state index in [9.17, 15) is 4.79 Å². The van der Waals surface area contributed by atoms with Crippen molar-refractivity contribution in [3.63, 3.8) is 0 Å². The lowest BCUT2D eigenvalue weighted by Gasteiger charge is -2.06. The number of rotatable bonds is 6. The van der Waals surface area contributed by atoms with Crippen molar-refractivity contribution in [1.82, 2.24) is 0 Å². The van der Waals surface area contributed by atoms with Gasteiger partial charge in [0.25, 0.3) is 0 Å². The summed E-state index contributed by atoms with van der Waals surface area (Å²) in [6.45, 7) is 0.634. The van der Waals surface area contributed by atoms with E-state index in [1.807, 2.05) is 30.3 Å². The van der Waals surface area contributed by atoms with E-state index >= 15 is 0 Å². The zero-order chi connectivity index (χ0) is 13.5. The standard InChI is InChI=1S/C16H17NO2/c1-19-15-9-7-13(8-10-15)16(18)11-12-17-14-5-3-2-4-6-14/h2-10,17H,11-12H2,1H3. The van der Waals surface area contributed by atoms with Crippen LogP contribution in [-0.4, -0.2) is 19.4 Å². The monoisotopic (exact) mass is 255 g/mol. The highest BCUT2D eigenvalue weighted by Crippen LogP contribution is 2.13. The summed E-state index contributed by atoms with van der Waals surface area (Å²) >= 11 is 0. The fourth-order valence-electron chi connectivity index (χ4n) is 1.80. The Bertz CT molecular complexity index is 520. The Balaban J connectivity index is 1.84. The number of Topliss-reactive ketones (excluding diaryl/α,β-unsaturated/α-hetero) is 1. The molecule has 0 radical (unpaired) electrons. The summed E-state index contributed by atoms with van der Waals surface area (Å²) in [6, 6.07) is 17.1. The molecule has 0 bridgehead atoms. The predicted octanol–water partition coefficient (Wildman–Crippen LogP) is 3.38. The zero-order valence-electron chi connectivity index (χ0n) is 10.9. The summed E-state index contributed by atoms with van der Waals surface area (Å²) in [5, 5.41) is 3.22. The van der Waals surface area contributed by atoms with Crippen LogP contribution in [0.1, 0.15) is 16.8 Å². The number of ether oxygens (including phenoxy) is 1. The van der Waals surface area contributed by atoms with E-state index in [1.165, 1.54) is 0 Å². The predicted molar refractivity (Wildman–Crippen MR) is 76.9 cm³/mol. The maximum atomic E-state index is 12.0. The number of hydrogen-bond donors (Lipinski definition) is 1. The Labute approximate surface area is 113 Å². The van der Waals surface area contributed by atoms with Crippen molar-refractivity contribution >= 4 is 11.5 Å². The van der Waals surface area contributed by atoms with Gasteiger partial charge in [0.1, 0.15) is 5.75 Å². The van der Waals surface area contributed by atoms with Gasteiger partial charge in [-0.2, -0.15) is 0 Å². The molecular weight excluding hydrogens is 238 g/mol. The van der Waals surface area contributed by atoms with E-state index in [4.69, 9.17) is 4.74 Å². The van der Waals surface area contributed by atoms with Gasteiger partial charge in [-0.05, 0) is 36.4 Å². The summed E-state index contributed by atoms with van der Waals surface area (Å²) in [6.07, 6.45) is 0.473. The molecule has 0 aliphatic carbocycles. The quantitative estimate of drug-likeness (QED) is 0.804. The summed E-state index contributed by atoms with van der Waals surface area (Å²) in [7, 11) is 1.61. The third kappa shape index (κ3) is 3.85. The summed E-state index contributed by atoms with van der Waals surface area (Å²) < 4.78 is 5.06. The van der Waals surface area contributed by atoms with Gasteiger partial charge >= 0.3 is 0 Å². The first-order valence-corrected chi connectivity index (χ1v) is 6.26. The topological polar surface area (TPSA) is 38.3 Å². The van der Waals surface area contributed by atoms with Crippen molar-refractivity contribution < 1.29 is 9.53 Å². The highest BCUT2D eigenvalue weighted by Gasteiger charge is 2.05. The molecule has 3 nitrogen and oxygen atoms in total. The second-order valence-corrected chi connectivity index (χ2v) is 4.19. The molecule has 0 unspecified atom stereocenters. The first-order valence-electron chi connectivity index (χ1n) is 6.26. The van der Waals surface area contributed by atoms with E-state index in [1.54, 1.807) is 31.4 Å². The average Bonchev–Trinajstić information content (AvgIpc) is 2.48. The fraction of sp³-hybridized carbons (Fsp3) is 0.188. The van der Waals surface area contributed by atoms with Crippen LogP contribution in [0.4, 0.5) is 5.69 Å². The van der Waals surface area contributed by atoms with Gasteiger partial charge in [0.05, 0.1) is 7.11 Å². The molecular formula is C16H17NO2. The number of carbonyl (C=O) groups is 1. The van der Waals surface area contributed by atoms with Gasteiger partial charge < -0.3 is 10.1 Å². The van der Waals surface area contributed by atoms with Crippen LogP contribution >= 0.6 is 0 Å². The van der Waals surface area contributed by atoms with Gasteiger partial charge in [-0.15, -0.1) is 0 Å². The normalized spacial score (nSPS) is 9.95. The van der Waals surface area contributed by atoms with Gasteiger partial charge in [-0.25, -0.2) is 0 Å². The molecule has 0 aliphatic rings. The van der Waals surface area contributed by atoms with Crippen LogP contribution < -0.4 is 10.1 Å². The molecule has 98 valence electrons. The molecule has 0 saturated carbocycles. The van der Waals surface area contributed by atoms with E-state index in [0.717, 1.165) is 17.0 Å². The Hall–Kier alpha value is -2.29. The van der Waals surface area contributed by atoms with E-state index in [-0.39, 0.29) is 5.78 Å². The van der Waals surface area contributed by atoms with Crippen molar-refractivity contribution in [2.24, 2.45) is 0 Å². The number of benzene rings is 2. The number of hydrogen-bond acceptors (Lipinski definition) is 3. The molecule has 0 saturated heterocycles. The molecule has 0 atom stereocenters. The van der Waals surface area contributed by atoms with Crippen molar-refractivity contribution in [1.29, 1.82) is 0 Å². The Morgan fingerprint density at radius 3 is 2.37 bits per heavy atom. The number of nitrogens with one attached hydrogen (secondary N) is 1. The zero-order valence-corrected chi connectivity index (χ0v) is 10.9. The van der Waals surface area contributed by atoms with Crippen LogP contribution in [-0.2, 0) is 0 Å². The summed E-state index contributed by atoms with van der Waals surface area (Å²) in [5.74, 6) is 0.894. The van der Waals surface area contributed by atoms with Crippen LogP contribution in [0.5, 0.6) is 5.75 Å². The Morgan fingerprint density at radius 1 is 1.05 bits per heavy atom. The number of carbonyl (C=O) groups excluding carboxylic acids is 1. The first kappa shape index (κ1) is 13.1. The van der Waals surface area contributed by atoms with Gasteiger partial charge in [0.15, 0.2) is 5.78 Å². The highest BCUT2D eigenvalue weighted by atomic mass is 16.5. The van der Waals surface area contributed by atoms with Gasteiger partial charge in [0, 0.05) is 24.2 Å². The SMILES string of the molecule is COc1ccc(C(=O)CCNc2ccccc2)cc1. The smallest absolute Gasteiger partial charge is 0.164 e. The third-order valence-corrected chi connectivity index (χ3v) is 2.87. The molecule has 0 aromatic heterocycles. The van der Waals surface area contributed by atoms with Crippen LogP contribution in [0.25, 0.3) is 0 Å².